The summed E-state index contributed by atoms with van der Waals surface area (Å²) < 4.78 is 11.9. The summed E-state index contributed by atoms with van der Waals surface area (Å²) in [5, 5.41) is 10.3. The third-order valence-corrected chi connectivity index (χ3v) is 6.38. The number of unbranched alkanes of at least 4 members (excludes halogenated alkanes) is 1. The van der Waals surface area contributed by atoms with Gasteiger partial charge in [-0.3, -0.25) is 14.7 Å². The molecule has 2 N–H and O–H groups in total. The van der Waals surface area contributed by atoms with E-state index >= 15 is 0 Å². The van der Waals surface area contributed by atoms with Crippen LogP contribution in [0, 0.1) is 0 Å². The van der Waals surface area contributed by atoms with Crippen molar-refractivity contribution >= 4 is 23.4 Å². The zero-order valence-electron chi connectivity index (χ0n) is 20.3. The molecule has 0 aliphatic carbocycles. The van der Waals surface area contributed by atoms with Crippen molar-refractivity contribution in [3.63, 3.8) is 0 Å². The van der Waals surface area contributed by atoms with Crippen LogP contribution in [-0.4, -0.2) is 59.3 Å². The number of H-pyrrole nitrogens is 1. The van der Waals surface area contributed by atoms with E-state index in [1.807, 2.05) is 42.5 Å². The Morgan fingerprint density at radius 1 is 1.11 bits per heavy atom. The van der Waals surface area contributed by atoms with Gasteiger partial charge in [-0.1, -0.05) is 49.2 Å². The van der Waals surface area contributed by atoms with Crippen LogP contribution in [0.5, 0.6) is 11.5 Å². The highest BCUT2D eigenvalue weighted by atomic mass is 35.5. The van der Waals surface area contributed by atoms with Crippen molar-refractivity contribution in [3.05, 3.63) is 65.3 Å². The molecule has 2 heterocycles. The Morgan fingerprint density at radius 2 is 1.83 bits per heavy atom. The SMILES string of the molecule is CCCCOc1ccccc1-c1cc(C(=O)NCC(=O)N2CCC(Oc3ccccc3Cl)CC2)[nH]n1. The van der Waals surface area contributed by atoms with Crippen LogP contribution in [0.15, 0.2) is 54.6 Å². The fraction of sp³-hybridized carbons (Fsp3) is 0.370. The van der Waals surface area contributed by atoms with Crippen LogP contribution in [0.25, 0.3) is 11.3 Å². The summed E-state index contributed by atoms with van der Waals surface area (Å²) in [7, 11) is 0. The van der Waals surface area contributed by atoms with Crippen LogP contribution in [0.2, 0.25) is 5.02 Å². The molecule has 1 aromatic heterocycles. The third kappa shape index (κ3) is 6.57. The molecule has 1 fully saturated rings. The van der Waals surface area contributed by atoms with E-state index in [0.717, 1.165) is 24.2 Å². The first-order valence-electron chi connectivity index (χ1n) is 12.3. The van der Waals surface area contributed by atoms with E-state index in [1.54, 1.807) is 17.0 Å². The summed E-state index contributed by atoms with van der Waals surface area (Å²) >= 11 is 6.17. The summed E-state index contributed by atoms with van der Waals surface area (Å²) in [5.41, 5.74) is 1.70. The quantitative estimate of drug-likeness (QED) is 0.385. The summed E-state index contributed by atoms with van der Waals surface area (Å²) in [5.74, 6) is 0.865. The van der Waals surface area contributed by atoms with Gasteiger partial charge in [-0.05, 0) is 36.8 Å². The van der Waals surface area contributed by atoms with Crippen molar-refractivity contribution in [2.75, 3.05) is 26.2 Å². The van der Waals surface area contributed by atoms with Gasteiger partial charge in [0.05, 0.1) is 23.9 Å². The minimum Gasteiger partial charge on any atom is -0.493 e. The molecular formula is C27H31ClN4O4. The van der Waals surface area contributed by atoms with Gasteiger partial charge in [0.15, 0.2) is 0 Å². The van der Waals surface area contributed by atoms with Gasteiger partial charge in [-0.2, -0.15) is 5.10 Å². The monoisotopic (exact) mass is 510 g/mol. The fourth-order valence-corrected chi connectivity index (χ4v) is 4.19. The average molecular weight is 511 g/mol. The number of halogens is 1. The highest BCUT2D eigenvalue weighted by Gasteiger charge is 2.25. The Hall–Kier alpha value is -3.52. The molecule has 36 heavy (non-hydrogen) atoms. The smallest absolute Gasteiger partial charge is 0.269 e. The topological polar surface area (TPSA) is 96.5 Å². The molecule has 8 nitrogen and oxygen atoms in total. The number of hydrogen-bond donors (Lipinski definition) is 2. The minimum absolute atomic E-state index is 0.000727. The van der Waals surface area contributed by atoms with E-state index in [2.05, 4.69) is 22.4 Å². The van der Waals surface area contributed by atoms with Crippen molar-refractivity contribution in [2.45, 2.75) is 38.7 Å². The highest BCUT2D eigenvalue weighted by Crippen LogP contribution is 2.29. The number of benzene rings is 2. The Balaban J connectivity index is 1.26. The van der Waals surface area contributed by atoms with E-state index < -0.39 is 0 Å². The standard InChI is InChI=1S/C27H31ClN4O4/c1-2-3-16-35-24-10-6-4-8-20(24)22-17-23(31-30-22)27(34)29-18-26(33)32-14-12-19(13-15-32)36-25-11-7-5-9-21(25)28/h4-11,17,19H,2-3,12-16,18H2,1H3,(H,29,34)(H,30,31). The van der Waals surface area contributed by atoms with Crippen molar-refractivity contribution in [1.82, 2.24) is 20.4 Å². The molecule has 4 rings (SSSR count). The van der Waals surface area contributed by atoms with E-state index in [1.165, 1.54) is 0 Å². The molecule has 1 aliphatic rings. The lowest BCUT2D eigenvalue weighted by Gasteiger charge is -2.32. The first kappa shape index (κ1) is 25.6. The van der Waals surface area contributed by atoms with Gasteiger partial charge >= 0.3 is 0 Å². The average Bonchev–Trinajstić information content (AvgIpc) is 3.40. The van der Waals surface area contributed by atoms with E-state index in [0.29, 0.717) is 49.0 Å². The predicted molar refractivity (Wildman–Crippen MR) is 138 cm³/mol. The van der Waals surface area contributed by atoms with Crippen LogP contribution in [0.4, 0.5) is 0 Å². The first-order valence-corrected chi connectivity index (χ1v) is 12.7. The summed E-state index contributed by atoms with van der Waals surface area (Å²) in [6, 6.07) is 16.6. The van der Waals surface area contributed by atoms with Crippen LogP contribution >= 0.6 is 11.6 Å². The van der Waals surface area contributed by atoms with Crippen LogP contribution < -0.4 is 14.8 Å². The number of rotatable bonds is 10. The number of likely N-dealkylation sites (tertiary alicyclic amines) is 1. The van der Waals surface area contributed by atoms with Crippen LogP contribution in [-0.2, 0) is 4.79 Å². The highest BCUT2D eigenvalue weighted by molar-refractivity contribution is 6.32. The molecule has 190 valence electrons. The Bertz CT molecular complexity index is 1170. The molecule has 3 aromatic rings. The number of carbonyl (C=O) groups is 2. The van der Waals surface area contributed by atoms with Crippen molar-refractivity contribution in [3.8, 4) is 22.8 Å². The Morgan fingerprint density at radius 3 is 2.58 bits per heavy atom. The molecule has 0 atom stereocenters. The zero-order chi connectivity index (χ0) is 25.3. The number of carbonyl (C=O) groups excluding carboxylic acids is 2. The second kappa shape index (κ2) is 12.4. The molecule has 1 saturated heterocycles. The zero-order valence-corrected chi connectivity index (χ0v) is 21.1. The van der Waals surface area contributed by atoms with Crippen LogP contribution in [0.1, 0.15) is 43.1 Å². The van der Waals surface area contributed by atoms with Crippen molar-refractivity contribution in [2.24, 2.45) is 0 Å². The number of piperidine rings is 1. The second-order valence-electron chi connectivity index (χ2n) is 8.68. The van der Waals surface area contributed by atoms with Gasteiger partial charge in [0.2, 0.25) is 5.91 Å². The number of hydrogen-bond acceptors (Lipinski definition) is 5. The number of para-hydroxylation sites is 2. The van der Waals surface area contributed by atoms with Crippen LogP contribution in [0.3, 0.4) is 0 Å². The lowest BCUT2D eigenvalue weighted by Crippen LogP contribution is -2.46. The van der Waals surface area contributed by atoms with Crippen molar-refractivity contribution < 1.29 is 19.1 Å². The summed E-state index contributed by atoms with van der Waals surface area (Å²) in [6.07, 6.45) is 3.41. The summed E-state index contributed by atoms with van der Waals surface area (Å²) in [6.45, 7) is 3.77. The van der Waals surface area contributed by atoms with Gasteiger partial charge in [-0.15, -0.1) is 0 Å². The third-order valence-electron chi connectivity index (χ3n) is 6.07. The summed E-state index contributed by atoms with van der Waals surface area (Å²) in [4.78, 5) is 27.0. The normalized spacial score (nSPS) is 13.9. The van der Waals surface area contributed by atoms with Gasteiger partial charge in [0.1, 0.15) is 23.3 Å². The molecule has 9 heteroatoms. The number of aromatic nitrogens is 2. The molecule has 1 aliphatic heterocycles. The fourth-order valence-electron chi connectivity index (χ4n) is 4.01. The largest absolute Gasteiger partial charge is 0.493 e. The lowest BCUT2D eigenvalue weighted by atomic mass is 10.1. The number of ether oxygens (including phenoxy) is 2. The van der Waals surface area contributed by atoms with Gasteiger partial charge in [0.25, 0.3) is 5.91 Å². The predicted octanol–water partition coefficient (Wildman–Crippen LogP) is 4.71. The Labute approximate surface area is 215 Å². The number of nitrogens with one attached hydrogen (secondary N) is 2. The molecular weight excluding hydrogens is 480 g/mol. The minimum atomic E-state index is -0.386. The molecule has 0 spiro atoms. The van der Waals surface area contributed by atoms with E-state index in [4.69, 9.17) is 21.1 Å². The maximum atomic E-state index is 12.7. The molecule has 0 unspecified atom stereocenters. The molecule has 0 saturated carbocycles. The Kier molecular flexibility index (Phi) is 8.84. The second-order valence-corrected chi connectivity index (χ2v) is 9.08. The molecule has 2 amide bonds. The molecule has 2 aromatic carbocycles. The van der Waals surface area contributed by atoms with Gasteiger partial charge in [0, 0.05) is 31.5 Å². The van der Waals surface area contributed by atoms with Crippen molar-refractivity contribution in [1.29, 1.82) is 0 Å². The van der Waals surface area contributed by atoms with Gasteiger partial charge < -0.3 is 19.7 Å². The molecule has 0 bridgehead atoms. The maximum absolute atomic E-state index is 12.7. The first-order chi connectivity index (χ1) is 17.5. The molecule has 0 radical (unpaired) electrons. The lowest BCUT2D eigenvalue weighted by molar-refractivity contribution is -0.131. The number of aromatic amines is 1. The maximum Gasteiger partial charge on any atom is 0.269 e. The van der Waals surface area contributed by atoms with E-state index in [9.17, 15) is 9.59 Å². The van der Waals surface area contributed by atoms with Gasteiger partial charge in [-0.25, -0.2) is 0 Å². The number of amides is 2. The van der Waals surface area contributed by atoms with E-state index in [-0.39, 0.29) is 30.2 Å². The number of nitrogens with zero attached hydrogens (tertiary/aromatic N) is 2.